The largest absolute Gasteiger partial charge is 0.488 e. The number of nitrogens with zero attached hydrogens (tertiary/aromatic N) is 1. The van der Waals surface area contributed by atoms with Gasteiger partial charge in [0.25, 0.3) is 0 Å². The Morgan fingerprint density at radius 2 is 2.31 bits per heavy atom. The standard InChI is InChI=1S/C11H22N4O/c1-4-6-7-13-10-9(16-5-2)8-14-11(3,12)15-10/h8,13,15H,4-7,12H2,1-3H3. The third-order valence-corrected chi connectivity index (χ3v) is 2.21. The van der Waals surface area contributed by atoms with Gasteiger partial charge in [0.1, 0.15) is 5.82 Å². The maximum Gasteiger partial charge on any atom is 0.180 e. The Balaban J connectivity index is 2.65. The molecule has 0 aliphatic carbocycles. The van der Waals surface area contributed by atoms with Crippen molar-refractivity contribution in [2.24, 2.45) is 10.7 Å². The van der Waals surface area contributed by atoms with Gasteiger partial charge in [-0.2, -0.15) is 0 Å². The zero-order chi connectivity index (χ0) is 12.0. The van der Waals surface area contributed by atoms with Crippen molar-refractivity contribution in [2.75, 3.05) is 13.2 Å². The molecule has 0 saturated carbocycles. The second-order valence-corrected chi connectivity index (χ2v) is 3.98. The number of nitrogens with one attached hydrogen (secondary N) is 2. The lowest BCUT2D eigenvalue weighted by Gasteiger charge is -2.29. The van der Waals surface area contributed by atoms with E-state index in [0.29, 0.717) is 6.61 Å². The maximum atomic E-state index is 5.89. The van der Waals surface area contributed by atoms with Crippen molar-refractivity contribution in [2.45, 2.75) is 39.4 Å². The molecule has 0 saturated heterocycles. The van der Waals surface area contributed by atoms with Crippen molar-refractivity contribution in [3.63, 3.8) is 0 Å². The van der Waals surface area contributed by atoms with E-state index in [2.05, 4.69) is 22.5 Å². The van der Waals surface area contributed by atoms with Gasteiger partial charge in [0.15, 0.2) is 11.5 Å². The number of rotatable bonds is 6. The van der Waals surface area contributed by atoms with Gasteiger partial charge in [0, 0.05) is 6.54 Å². The number of aliphatic imine (C=N–C) groups is 1. The van der Waals surface area contributed by atoms with Crippen LogP contribution in [-0.4, -0.2) is 25.2 Å². The van der Waals surface area contributed by atoms with Gasteiger partial charge in [-0.1, -0.05) is 13.3 Å². The molecule has 5 heteroatoms. The molecular formula is C11H22N4O. The first-order chi connectivity index (χ1) is 7.59. The highest BCUT2D eigenvalue weighted by Crippen LogP contribution is 2.10. The summed E-state index contributed by atoms with van der Waals surface area (Å²) in [6, 6.07) is 0. The van der Waals surface area contributed by atoms with E-state index in [4.69, 9.17) is 10.5 Å². The summed E-state index contributed by atoms with van der Waals surface area (Å²) in [5.41, 5.74) is 5.89. The van der Waals surface area contributed by atoms with Gasteiger partial charge in [0.2, 0.25) is 0 Å². The van der Waals surface area contributed by atoms with Gasteiger partial charge in [-0.25, -0.2) is 4.99 Å². The number of unbranched alkanes of at least 4 members (excludes halogenated alkanes) is 1. The minimum absolute atomic E-state index is 0.614. The van der Waals surface area contributed by atoms with Crippen LogP contribution in [0.4, 0.5) is 0 Å². The van der Waals surface area contributed by atoms with Gasteiger partial charge < -0.3 is 15.4 Å². The second-order valence-electron chi connectivity index (χ2n) is 3.98. The minimum Gasteiger partial charge on any atom is -0.488 e. The highest BCUT2D eigenvalue weighted by Gasteiger charge is 2.23. The molecule has 16 heavy (non-hydrogen) atoms. The van der Waals surface area contributed by atoms with Crippen molar-refractivity contribution in [3.05, 3.63) is 11.6 Å². The van der Waals surface area contributed by atoms with E-state index in [1.807, 2.05) is 13.8 Å². The quantitative estimate of drug-likeness (QED) is 0.588. The van der Waals surface area contributed by atoms with Crippen LogP contribution in [0.3, 0.4) is 0 Å². The first-order valence-electron chi connectivity index (χ1n) is 5.82. The molecule has 0 spiro atoms. The molecule has 1 aliphatic rings. The average Bonchev–Trinajstić information content (AvgIpc) is 2.22. The van der Waals surface area contributed by atoms with E-state index in [0.717, 1.165) is 31.0 Å². The van der Waals surface area contributed by atoms with E-state index in [9.17, 15) is 0 Å². The molecule has 0 amide bonds. The van der Waals surface area contributed by atoms with Crippen molar-refractivity contribution in [3.8, 4) is 0 Å². The van der Waals surface area contributed by atoms with Gasteiger partial charge in [0.05, 0.1) is 12.8 Å². The summed E-state index contributed by atoms with van der Waals surface area (Å²) in [5, 5.41) is 6.40. The van der Waals surface area contributed by atoms with Crippen LogP contribution in [0, 0.1) is 0 Å². The molecule has 0 aromatic heterocycles. The lowest BCUT2D eigenvalue weighted by molar-refractivity contribution is 0.232. The van der Waals surface area contributed by atoms with Crippen molar-refractivity contribution < 1.29 is 4.74 Å². The van der Waals surface area contributed by atoms with Crippen LogP contribution in [0.2, 0.25) is 0 Å². The Morgan fingerprint density at radius 3 is 2.94 bits per heavy atom. The number of nitrogens with two attached hydrogens (primary N) is 1. The third kappa shape index (κ3) is 3.73. The smallest absolute Gasteiger partial charge is 0.180 e. The fraction of sp³-hybridized carbons (Fsp3) is 0.727. The Bertz CT molecular complexity index is 284. The van der Waals surface area contributed by atoms with Crippen LogP contribution >= 0.6 is 0 Å². The summed E-state index contributed by atoms with van der Waals surface area (Å²) >= 11 is 0. The molecule has 1 rings (SSSR count). The summed E-state index contributed by atoms with van der Waals surface area (Å²) in [6.45, 7) is 7.43. The molecule has 0 fully saturated rings. The number of allylic oxidation sites excluding steroid dienone is 1. The Hall–Kier alpha value is -1.23. The lowest BCUT2D eigenvalue weighted by atomic mass is 10.3. The molecule has 0 aromatic rings. The summed E-state index contributed by atoms with van der Waals surface area (Å²) in [6.07, 6.45) is 3.94. The van der Waals surface area contributed by atoms with Gasteiger partial charge in [-0.3, -0.25) is 5.73 Å². The normalized spacial score (nSPS) is 24.2. The topological polar surface area (TPSA) is 71.7 Å². The molecular weight excluding hydrogens is 204 g/mol. The molecule has 92 valence electrons. The summed E-state index contributed by atoms with van der Waals surface area (Å²) in [5.74, 6) is 0.798. The summed E-state index contributed by atoms with van der Waals surface area (Å²) in [4.78, 5) is 4.16. The molecule has 1 aliphatic heterocycles. The monoisotopic (exact) mass is 226 g/mol. The van der Waals surface area contributed by atoms with Gasteiger partial charge in [-0.15, -0.1) is 0 Å². The summed E-state index contributed by atoms with van der Waals surface area (Å²) < 4.78 is 5.47. The fourth-order valence-electron chi connectivity index (χ4n) is 1.39. The first kappa shape index (κ1) is 12.8. The number of hydrogen-bond donors (Lipinski definition) is 3. The molecule has 1 atom stereocenters. The van der Waals surface area contributed by atoms with E-state index < -0.39 is 5.79 Å². The molecule has 0 aromatic carbocycles. The minimum atomic E-state index is -0.755. The molecule has 4 N–H and O–H groups in total. The Kier molecular flexibility index (Phi) is 4.61. The van der Waals surface area contributed by atoms with Gasteiger partial charge in [-0.05, 0) is 20.3 Å². The Labute approximate surface area is 97.1 Å². The van der Waals surface area contributed by atoms with E-state index in [1.54, 1.807) is 6.21 Å². The highest BCUT2D eigenvalue weighted by atomic mass is 16.5. The second kappa shape index (κ2) is 5.75. The maximum absolute atomic E-state index is 5.89. The van der Waals surface area contributed by atoms with E-state index in [-0.39, 0.29) is 0 Å². The summed E-state index contributed by atoms with van der Waals surface area (Å²) in [7, 11) is 0. The van der Waals surface area contributed by atoms with E-state index >= 15 is 0 Å². The lowest BCUT2D eigenvalue weighted by Crippen LogP contribution is -2.53. The predicted molar refractivity (Wildman–Crippen MR) is 65.8 cm³/mol. The van der Waals surface area contributed by atoms with Crippen LogP contribution in [0.1, 0.15) is 33.6 Å². The predicted octanol–water partition coefficient (Wildman–Crippen LogP) is 0.888. The SMILES string of the molecule is CCCCNC1=C(OCC)C=NC(C)(N)N1. The van der Waals surface area contributed by atoms with Gasteiger partial charge >= 0.3 is 0 Å². The molecule has 0 bridgehead atoms. The molecule has 0 radical (unpaired) electrons. The molecule has 1 heterocycles. The number of ether oxygens (including phenoxy) is 1. The third-order valence-electron chi connectivity index (χ3n) is 2.21. The first-order valence-corrected chi connectivity index (χ1v) is 5.82. The molecule has 5 nitrogen and oxygen atoms in total. The van der Waals surface area contributed by atoms with Crippen LogP contribution < -0.4 is 16.4 Å². The molecule has 1 unspecified atom stereocenters. The van der Waals surface area contributed by atoms with Crippen molar-refractivity contribution >= 4 is 6.21 Å². The highest BCUT2D eigenvalue weighted by molar-refractivity contribution is 5.78. The van der Waals surface area contributed by atoms with Crippen LogP contribution in [-0.2, 0) is 4.74 Å². The van der Waals surface area contributed by atoms with Crippen molar-refractivity contribution in [1.82, 2.24) is 10.6 Å². The number of hydrogen-bond acceptors (Lipinski definition) is 5. The van der Waals surface area contributed by atoms with Crippen LogP contribution in [0.15, 0.2) is 16.6 Å². The zero-order valence-corrected chi connectivity index (χ0v) is 10.3. The van der Waals surface area contributed by atoms with Crippen LogP contribution in [0.25, 0.3) is 0 Å². The Morgan fingerprint density at radius 1 is 1.56 bits per heavy atom. The zero-order valence-electron chi connectivity index (χ0n) is 10.3. The average molecular weight is 226 g/mol. The van der Waals surface area contributed by atoms with Crippen LogP contribution in [0.5, 0.6) is 0 Å². The van der Waals surface area contributed by atoms with E-state index in [1.165, 1.54) is 0 Å². The fourth-order valence-corrected chi connectivity index (χ4v) is 1.39. The van der Waals surface area contributed by atoms with Crippen molar-refractivity contribution in [1.29, 1.82) is 0 Å².